The van der Waals surface area contributed by atoms with Crippen LogP contribution >= 0.6 is 0 Å². The molecule has 1 fully saturated rings. The molecule has 0 heterocycles. The zero-order valence-electron chi connectivity index (χ0n) is 13.7. The summed E-state index contributed by atoms with van der Waals surface area (Å²) >= 11 is 0. The first-order valence-corrected chi connectivity index (χ1v) is 7.78. The predicted molar refractivity (Wildman–Crippen MR) is 80.9 cm³/mol. The van der Waals surface area contributed by atoms with E-state index in [9.17, 15) is 9.90 Å². The molecule has 1 aliphatic rings. The summed E-state index contributed by atoms with van der Waals surface area (Å²) in [6.45, 7) is 11.5. The van der Waals surface area contributed by atoms with Crippen LogP contribution in [0.5, 0.6) is 0 Å². The van der Waals surface area contributed by atoms with E-state index < -0.39 is 11.5 Å². The van der Waals surface area contributed by atoms with Gasteiger partial charge in [-0.3, -0.25) is 4.79 Å². The Labute approximate surface area is 123 Å². The number of carbonyl (C=O) groups is 1. The maximum absolute atomic E-state index is 11.4. The molecule has 0 spiro atoms. The lowest BCUT2D eigenvalue weighted by atomic mass is 9.71. The van der Waals surface area contributed by atoms with Crippen molar-refractivity contribution in [2.75, 3.05) is 13.2 Å². The van der Waals surface area contributed by atoms with Crippen molar-refractivity contribution in [2.24, 2.45) is 11.3 Å². The van der Waals surface area contributed by atoms with Gasteiger partial charge >= 0.3 is 5.97 Å². The van der Waals surface area contributed by atoms with E-state index in [1.807, 2.05) is 6.92 Å². The first kappa shape index (κ1) is 17.4. The SMILES string of the molecule is CCCNC(C)(COC1CC(C)CC(C)(C)C1)C(=O)O. The van der Waals surface area contributed by atoms with Gasteiger partial charge in [0, 0.05) is 0 Å². The largest absolute Gasteiger partial charge is 0.480 e. The van der Waals surface area contributed by atoms with Gasteiger partial charge < -0.3 is 15.2 Å². The molecule has 2 N–H and O–H groups in total. The summed E-state index contributed by atoms with van der Waals surface area (Å²) < 4.78 is 5.97. The van der Waals surface area contributed by atoms with E-state index in [0.717, 1.165) is 19.3 Å². The zero-order chi connectivity index (χ0) is 15.4. The third kappa shape index (κ3) is 5.06. The average molecular weight is 285 g/mol. The Morgan fingerprint density at radius 1 is 1.45 bits per heavy atom. The van der Waals surface area contributed by atoms with Crippen LogP contribution in [0.2, 0.25) is 0 Å². The Kier molecular flexibility index (Phi) is 6.02. The molecular formula is C16H31NO3. The molecule has 0 amide bonds. The van der Waals surface area contributed by atoms with E-state index >= 15 is 0 Å². The van der Waals surface area contributed by atoms with E-state index in [-0.39, 0.29) is 12.7 Å². The summed E-state index contributed by atoms with van der Waals surface area (Å²) in [6.07, 6.45) is 4.36. The monoisotopic (exact) mass is 285 g/mol. The lowest BCUT2D eigenvalue weighted by molar-refractivity contribution is -0.149. The minimum absolute atomic E-state index is 0.177. The molecule has 0 aliphatic heterocycles. The van der Waals surface area contributed by atoms with E-state index in [1.54, 1.807) is 6.92 Å². The molecule has 1 saturated carbocycles. The summed E-state index contributed by atoms with van der Waals surface area (Å²) in [5.74, 6) is -0.197. The average Bonchev–Trinajstić information content (AvgIpc) is 2.31. The second-order valence-corrected chi connectivity index (χ2v) is 7.41. The molecule has 4 nitrogen and oxygen atoms in total. The molecule has 3 unspecified atom stereocenters. The van der Waals surface area contributed by atoms with Crippen LogP contribution < -0.4 is 5.32 Å². The summed E-state index contributed by atoms with van der Waals surface area (Å²) in [5.41, 5.74) is -0.695. The number of rotatable bonds is 7. The highest BCUT2D eigenvalue weighted by atomic mass is 16.5. The van der Waals surface area contributed by atoms with Gasteiger partial charge in [0.2, 0.25) is 0 Å². The summed E-state index contributed by atoms with van der Waals surface area (Å²) in [5, 5.41) is 12.5. The Bertz CT molecular complexity index is 330. The van der Waals surface area contributed by atoms with Crippen molar-refractivity contribution < 1.29 is 14.6 Å². The Morgan fingerprint density at radius 2 is 2.10 bits per heavy atom. The molecule has 0 aromatic rings. The van der Waals surface area contributed by atoms with Crippen molar-refractivity contribution in [3.8, 4) is 0 Å². The third-order valence-corrected chi connectivity index (χ3v) is 4.19. The standard InChI is InChI=1S/C16H31NO3/c1-6-7-17-16(5,14(18)19)11-20-13-8-12(2)9-15(3,4)10-13/h12-13,17H,6-11H2,1-5H3,(H,18,19). The second kappa shape index (κ2) is 6.90. The number of aliphatic carboxylic acids is 1. The number of hydrogen-bond acceptors (Lipinski definition) is 3. The summed E-state index contributed by atoms with van der Waals surface area (Å²) in [7, 11) is 0. The fraction of sp³-hybridized carbons (Fsp3) is 0.938. The molecule has 20 heavy (non-hydrogen) atoms. The highest BCUT2D eigenvalue weighted by Crippen LogP contribution is 2.39. The van der Waals surface area contributed by atoms with Crippen LogP contribution in [0.15, 0.2) is 0 Å². The van der Waals surface area contributed by atoms with Crippen LogP contribution in [0.1, 0.15) is 60.3 Å². The maximum atomic E-state index is 11.4. The van der Waals surface area contributed by atoms with Crippen LogP contribution in [0.3, 0.4) is 0 Å². The fourth-order valence-electron chi connectivity index (χ4n) is 3.26. The van der Waals surface area contributed by atoms with Crippen LogP contribution in [-0.2, 0) is 9.53 Å². The lowest BCUT2D eigenvalue weighted by Crippen LogP contribution is -2.54. The first-order valence-electron chi connectivity index (χ1n) is 7.78. The lowest BCUT2D eigenvalue weighted by Gasteiger charge is -2.40. The minimum Gasteiger partial charge on any atom is -0.480 e. The van der Waals surface area contributed by atoms with Gasteiger partial charge in [0.05, 0.1) is 12.7 Å². The van der Waals surface area contributed by atoms with Crippen molar-refractivity contribution in [3.63, 3.8) is 0 Å². The van der Waals surface area contributed by atoms with Crippen LogP contribution in [0.25, 0.3) is 0 Å². The van der Waals surface area contributed by atoms with Gasteiger partial charge in [0.1, 0.15) is 5.54 Å². The van der Waals surface area contributed by atoms with Crippen molar-refractivity contribution >= 4 is 5.97 Å². The molecule has 0 aromatic carbocycles. The zero-order valence-corrected chi connectivity index (χ0v) is 13.7. The maximum Gasteiger partial charge on any atom is 0.326 e. The molecule has 0 bridgehead atoms. The minimum atomic E-state index is -0.985. The molecule has 4 heteroatoms. The smallest absolute Gasteiger partial charge is 0.326 e. The molecule has 1 aliphatic carbocycles. The first-order chi connectivity index (χ1) is 9.18. The van der Waals surface area contributed by atoms with E-state index in [0.29, 0.717) is 17.9 Å². The van der Waals surface area contributed by atoms with Gasteiger partial charge in [0.25, 0.3) is 0 Å². The van der Waals surface area contributed by atoms with Gasteiger partial charge in [-0.25, -0.2) is 0 Å². The molecule has 0 saturated heterocycles. The van der Waals surface area contributed by atoms with E-state index in [1.165, 1.54) is 6.42 Å². The molecule has 118 valence electrons. The summed E-state index contributed by atoms with van der Waals surface area (Å²) in [6, 6.07) is 0. The van der Waals surface area contributed by atoms with E-state index in [2.05, 4.69) is 26.1 Å². The van der Waals surface area contributed by atoms with Crippen molar-refractivity contribution in [1.82, 2.24) is 5.32 Å². The summed E-state index contributed by atoms with van der Waals surface area (Å²) in [4.78, 5) is 11.4. The van der Waals surface area contributed by atoms with E-state index in [4.69, 9.17) is 4.74 Å². The molecule has 1 rings (SSSR count). The van der Waals surface area contributed by atoms with Crippen molar-refractivity contribution in [1.29, 1.82) is 0 Å². The predicted octanol–water partition coefficient (Wildman–Crippen LogP) is 3.06. The quantitative estimate of drug-likeness (QED) is 0.755. The van der Waals surface area contributed by atoms with Crippen molar-refractivity contribution in [3.05, 3.63) is 0 Å². The molecule has 3 atom stereocenters. The van der Waals surface area contributed by atoms with Gasteiger partial charge in [-0.05, 0) is 50.5 Å². The Balaban J connectivity index is 2.56. The topological polar surface area (TPSA) is 58.6 Å². The number of carboxylic acids is 1. The van der Waals surface area contributed by atoms with Gasteiger partial charge in [0.15, 0.2) is 0 Å². The second-order valence-electron chi connectivity index (χ2n) is 7.41. The van der Waals surface area contributed by atoms with Crippen LogP contribution in [0, 0.1) is 11.3 Å². The molecule has 0 aromatic heterocycles. The van der Waals surface area contributed by atoms with Gasteiger partial charge in [-0.2, -0.15) is 0 Å². The van der Waals surface area contributed by atoms with Gasteiger partial charge in [-0.1, -0.05) is 27.7 Å². The number of ether oxygens (including phenoxy) is 1. The Hall–Kier alpha value is -0.610. The fourth-order valence-corrected chi connectivity index (χ4v) is 3.26. The third-order valence-electron chi connectivity index (χ3n) is 4.19. The number of nitrogens with one attached hydrogen (secondary N) is 1. The Morgan fingerprint density at radius 3 is 2.60 bits per heavy atom. The normalized spacial score (nSPS) is 28.9. The number of carboxylic acid groups (broad SMARTS) is 1. The number of hydrogen-bond donors (Lipinski definition) is 2. The highest BCUT2D eigenvalue weighted by molar-refractivity contribution is 5.78. The molecular weight excluding hydrogens is 254 g/mol. The highest BCUT2D eigenvalue weighted by Gasteiger charge is 2.37. The van der Waals surface area contributed by atoms with Gasteiger partial charge in [-0.15, -0.1) is 0 Å². The van der Waals surface area contributed by atoms with Crippen molar-refractivity contribution in [2.45, 2.75) is 71.9 Å². The molecule has 0 radical (unpaired) electrons. The van der Waals surface area contributed by atoms with Crippen LogP contribution in [-0.4, -0.2) is 35.9 Å². The van der Waals surface area contributed by atoms with Crippen LogP contribution in [0.4, 0.5) is 0 Å².